The first kappa shape index (κ1) is 20.6. The fourth-order valence-corrected chi connectivity index (χ4v) is 5.31. The Morgan fingerprint density at radius 2 is 1.89 bits per heavy atom. The molecule has 0 saturated heterocycles. The lowest BCUT2D eigenvalue weighted by molar-refractivity contribution is -0.146. The number of fused-ring (bicyclic) bond motifs is 1. The SMILES string of the molecule is CC(C)OC(=O)c1c(NC(=O)[C@@H]2CC=CC[C@@H]2C(=O)O)sc2c1CC[C@@H](C)C2. The van der Waals surface area contributed by atoms with Gasteiger partial charge >= 0.3 is 11.9 Å². The zero-order chi connectivity index (χ0) is 20.4. The summed E-state index contributed by atoms with van der Waals surface area (Å²) >= 11 is 1.42. The number of thiophene rings is 1. The summed E-state index contributed by atoms with van der Waals surface area (Å²) in [6, 6.07) is 0. The van der Waals surface area contributed by atoms with Gasteiger partial charge in [-0.2, -0.15) is 0 Å². The van der Waals surface area contributed by atoms with E-state index >= 15 is 0 Å². The molecule has 0 bridgehead atoms. The van der Waals surface area contributed by atoms with Gasteiger partial charge in [-0.3, -0.25) is 9.59 Å². The molecule has 7 heteroatoms. The molecule has 2 aliphatic rings. The molecule has 1 aromatic rings. The van der Waals surface area contributed by atoms with Gasteiger partial charge in [-0.05, 0) is 57.4 Å². The number of anilines is 1. The molecule has 0 radical (unpaired) electrons. The molecular formula is C21H27NO5S. The van der Waals surface area contributed by atoms with E-state index in [9.17, 15) is 19.5 Å². The molecule has 3 atom stereocenters. The average Bonchev–Trinajstić information content (AvgIpc) is 2.97. The third kappa shape index (κ3) is 4.29. The van der Waals surface area contributed by atoms with Gasteiger partial charge in [0.1, 0.15) is 5.00 Å². The fraction of sp³-hybridized carbons (Fsp3) is 0.571. The number of amides is 1. The fourth-order valence-electron chi connectivity index (χ4n) is 3.91. The summed E-state index contributed by atoms with van der Waals surface area (Å²) in [5.41, 5.74) is 1.43. The van der Waals surface area contributed by atoms with Crippen LogP contribution in [0.1, 0.15) is 60.8 Å². The van der Waals surface area contributed by atoms with E-state index in [4.69, 9.17) is 4.74 Å². The number of nitrogens with one attached hydrogen (secondary N) is 1. The Hall–Kier alpha value is -2.15. The van der Waals surface area contributed by atoms with Crippen molar-refractivity contribution in [3.05, 3.63) is 28.2 Å². The highest BCUT2D eigenvalue weighted by atomic mass is 32.1. The molecule has 152 valence electrons. The number of carbonyl (C=O) groups excluding carboxylic acids is 2. The highest BCUT2D eigenvalue weighted by Gasteiger charge is 2.36. The molecule has 0 saturated carbocycles. The lowest BCUT2D eigenvalue weighted by atomic mass is 9.82. The number of carbonyl (C=O) groups is 3. The van der Waals surface area contributed by atoms with Crippen molar-refractivity contribution in [3.8, 4) is 0 Å². The topological polar surface area (TPSA) is 92.7 Å². The maximum atomic E-state index is 12.9. The number of aliphatic carboxylic acids is 1. The number of ether oxygens (including phenoxy) is 1. The molecule has 2 N–H and O–H groups in total. The van der Waals surface area contributed by atoms with Gasteiger partial charge in [0.05, 0.1) is 23.5 Å². The van der Waals surface area contributed by atoms with Crippen molar-refractivity contribution in [1.82, 2.24) is 0 Å². The summed E-state index contributed by atoms with van der Waals surface area (Å²) in [6.45, 7) is 5.77. The van der Waals surface area contributed by atoms with Crippen LogP contribution >= 0.6 is 11.3 Å². The number of allylic oxidation sites excluding steroid dienone is 2. The molecule has 3 rings (SSSR count). The lowest BCUT2D eigenvalue weighted by Crippen LogP contribution is -2.34. The summed E-state index contributed by atoms with van der Waals surface area (Å²) in [4.78, 5) is 38.3. The second-order valence-corrected chi connectivity index (χ2v) is 9.10. The van der Waals surface area contributed by atoms with E-state index < -0.39 is 23.8 Å². The third-order valence-corrected chi connectivity index (χ3v) is 6.55. The number of esters is 1. The summed E-state index contributed by atoms with van der Waals surface area (Å²) in [7, 11) is 0. The van der Waals surface area contributed by atoms with E-state index in [2.05, 4.69) is 12.2 Å². The lowest BCUT2D eigenvalue weighted by Gasteiger charge is -2.24. The van der Waals surface area contributed by atoms with Crippen molar-refractivity contribution in [2.24, 2.45) is 17.8 Å². The van der Waals surface area contributed by atoms with Gasteiger partial charge in [-0.25, -0.2) is 4.79 Å². The van der Waals surface area contributed by atoms with Crippen LogP contribution < -0.4 is 5.32 Å². The molecule has 1 amide bonds. The first-order valence-corrected chi connectivity index (χ1v) is 10.6. The Labute approximate surface area is 169 Å². The number of carboxylic acid groups (broad SMARTS) is 1. The van der Waals surface area contributed by atoms with Gasteiger partial charge in [-0.1, -0.05) is 19.1 Å². The van der Waals surface area contributed by atoms with E-state index in [1.165, 1.54) is 11.3 Å². The van der Waals surface area contributed by atoms with Crippen LogP contribution in [0.25, 0.3) is 0 Å². The van der Waals surface area contributed by atoms with Gasteiger partial charge in [-0.15, -0.1) is 11.3 Å². The van der Waals surface area contributed by atoms with Crippen LogP contribution in [0.3, 0.4) is 0 Å². The van der Waals surface area contributed by atoms with Crippen LogP contribution in [0.2, 0.25) is 0 Å². The van der Waals surface area contributed by atoms with Gasteiger partial charge in [0, 0.05) is 4.88 Å². The van der Waals surface area contributed by atoms with Crippen LogP contribution in [0, 0.1) is 17.8 Å². The number of rotatable bonds is 5. The Morgan fingerprint density at radius 1 is 1.21 bits per heavy atom. The maximum Gasteiger partial charge on any atom is 0.341 e. The van der Waals surface area contributed by atoms with Crippen molar-refractivity contribution < 1.29 is 24.2 Å². The van der Waals surface area contributed by atoms with Crippen molar-refractivity contribution >= 4 is 34.2 Å². The van der Waals surface area contributed by atoms with Crippen molar-refractivity contribution in [1.29, 1.82) is 0 Å². The number of carboxylic acids is 1. The Morgan fingerprint density at radius 3 is 2.54 bits per heavy atom. The Kier molecular flexibility index (Phi) is 6.23. The number of hydrogen-bond acceptors (Lipinski definition) is 5. The Balaban J connectivity index is 1.90. The zero-order valence-corrected chi connectivity index (χ0v) is 17.3. The van der Waals surface area contributed by atoms with Gasteiger partial charge in [0.25, 0.3) is 0 Å². The van der Waals surface area contributed by atoms with Crippen molar-refractivity contribution in [2.45, 2.75) is 59.0 Å². The predicted molar refractivity (Wildman–Crippen MR) is 108 cm³/mol. The van der Waals surface area contributed by atoms with Crippen LogP contribution in [0.15, 0.2) is 12.2 Å². The smallest absolute Gasteiger partial charge is 0.341 e. The number of hydrogen-bond donors (Lipinski definition) is 2. The maximum absolute atomic E-state index is 12.9. The molecule has 0 unspecified atom stereocenters. The summed E-state index contributed by atoms with van der Waals surface area (Å²) in [5.74, 6) is -2.59. The molecular weight excluding hydrogens is 378 g/mol. The van der Waals surface area contributed by atoms with E-state index in [0.29, 0.717) is 29.3 Å². The molecule has 28 heavy (non-hydrogen) atoms. The van der Waals surface area contributed by atoms with Crippen molar-refractivity contribution in [2.75, 3.05) is 5.32 Å². The highest BCUT2D eigenvalue weighted by molar-refractivity contribution is 7.17. The van der Waals surface area contributed by atoms with Gasteiger partial charge in [0.15, 0.2) is 0 Å². The molecule has 2 aliphatic carbocycles. The Bertz CT molecular complexity index is 810. The molecule has 6 nitrogen and oxygen atoms in total. The largest absolute Gasteiger partial charge is 0.481 e. The minimum atomic E-state index is -0.969. The third-order valence-electron chi connectivity index (χ3n) is 5.38. The minimum Gasteiger partial charge on any atom is -0.481 e. The summed E-state index contributed by atoms with van der Waals surface area (Å²) in [5, 5.41) is 12.8. The predicted octanol–water partition coefficient (Wildman–Crippen LogP) is 4.04. The monoisotopic (exact) mass is 405 g/mol. The van der Waals surface area contributed by atoms with E-state index in [-0.39, 0.29) is 12.0 Å². The van der Waals surface area contributed by atoms with Crippen LogP contribution in [-0.4, -0.2) is 29.1 Å². The first-order valence-electron chi connectivity index (χ1n) is 9.82. The standard InChI is InChI=1S/C21H27NO5S/c1-11(2)27-21(26)17-15-9-8-12(3)10-16(15)28-19(17)22-18(23)13-6-4-5-7-14(13)20(24)25/h4-5,11-14H,6-10H2,1-3H3,(H,22,23)(H,24,25)/t12-,13-,14+/m1/s1. The highest BCUT2D eigenvalue weighted by Crippen LogP contribution is 2.41. The van der Waals surface area contributed by atoms with Crippen LogP contribution in [-0.2, 0) is 27.2 Å². The molecule has 0 fully saturated rings. The second kappa shape index (κ2) is 8.47. The van der Waals surface area contributed by atoms with E-state index in [0.717, 1.165) is 29.7 Å². The molecule has 1 heterocycles. The minimum absolute atomic E-state index is 0.256. The summed E-state index contributed by atoms with van der Waals surface area (Å²) in [6.07, 6.45) is 6.78. The second-order valence-electron chi connectivity index (χ2n) is 7.99. The van der Waals surface area contributed by atoms with Gasteiger partial charge < -0.3 is 15.2 Å². The van der Waals surface area contributed by atoms with Crippen molar-refractivity contribution in [3.63, 3.8) is 0 Å². The van der Waals surface area contributed by atoms with E-state index in [1.807, 2.05) is 6.08 Å². The van der Waals surface area contributed by atoms with E-state index in [1.54, 1.807) is 19.9 Å². The first-order chi connectivity index (χ1) is 13.3. The quantitative estimate of drug-likeness (QED) is 0.570. The molecule has 1 aromatic heterocycles. The van der Waals surface area contributed by atoms with Crippen LogP contribution in [0.5, 0.6) is 0 Å². The molecule has 0 aliphatic heterocycles. The average molecular weight is 406 g/mol. The normalized spacial score (nSPS) is 23.9. The van der Waals surface area contributed by atoms with Crippen LogP contribution in [0.4, 0.5) is 5.00 Å². The van der Waals surface area contributed by atoms with Gasteiger partial charge in [0.2, 0.25) is 5.91 Å². The zero-order valence-electron chi connectivity index (χ0n) is 16.5. The molecule has 0 aromatic carbocycles. The summed E-state index contributed by atoms with van der Waals surface area (Å²) < 4.78 is 5.43. The molecule has 0 spiro atoms.